The number of nitrogens with zero attached hydrogens (tertiary/aromatic N) is 8. The molecular formula is C18H18N8. The average molecular weight is 346 g/mol. The van der Waals surface area contributed by atoms with Crippen LogP contribution in [0, 0.1) is 6.92 Å². The molecule has 4 aromatic rings. The van der Waals surface area contributed by atoms with Gasteiger partial charge >= 0.3 is 0 Å². The second-order valence-corrected chi connectivity index (χ2v) is 6.59. The van der Waals surface area contributed by atoms with Gasteiger partial charge < -0.3 is 0 Å². The Morgan fingerprint density at radius 2 is 1.96 bits per heavy atom. The first-order chi connectivity index (χ1) is 12.7. The van der Waals surface area contributed by atoms with E-state index in [1.165, 1.54) is 0 Å². The lowest BCUT2D eigenvalue weighted by atomic mass is 10.1. The van der Waals surface area contributed by atoms with Crippen molar-refractivity contribution in [3.63, 3.8) is 0 Å². The molecule has 0 saturated heterocycles. The largest absolute Gasteiger partial charge is 0.263 e. The monoisotopic (exact) mass is 346 g/mol. The summed E-state index contributed by atoms with van der Waals surface area (Å²) in [5, 5.41) is 17.7. The molecule has 0 radical (unpaired) electrons. The Morgan fingerprint density at radius 3 is 2.77 bits per heavy atom. The lowest BCUT2D eigenvalue weighted by Crippen LogP contribution is -2.03. The molecule has 1 saturated carbocycles. The quantitative estimate of drug-likeness (QED) is 0.564. The maximum absolute atomic E-state index is 4.83. The standard InChI is InChI=1S/C18H18N8/c1-3-25-17(15-4-5-18-22-21-11(2)26(18)24-15)9-16(23-25)13-8-12(13)14-6-7-19-10-20-14/h4-7,9-10,12-13H,3,8H2,1-2H3. The molecule has 0 aromatic carbocycles. The highest BCUT2D eigenvalue weighted by Gasteiger charge is 2.42. The summed E-state index contributed by atoms with van der Waals surface area (Å²) in [5.74, 6) is 1.62. The smallest absolute Gasteiger partial charge is 0.177 e. The van der Waals surface area contributed by atoms with Crippen LogP contribution in [0.3, 0.4) is 0 Å². The normalized spacial score (nSPS) is 19.2. The third-order valence-electron chi connectivity index (χ3n) is 4.93. The van der Waals surface area contributed by atoms with E-state index in [4.69, 9.17) is 10.2 Å². The molecule has 0 amide bonds. The molecule has 8 heteroatoms. The van der Waals surface area contributed by atoms with Crippen molar-refractivity contribution < 1.29 is 0 Å². The van der Waals surface area contributed by atoms with Crippen LogP contribution in [0.1, 0.15) is 42.4 Å². The highest BCUT2D eigenvalue weighted by Crippen LogP contribution is 2.53. The van der Waals surface area contributed by atoms with E-state index in [1.807, 2.05) is 29.8 Å². The Labute approximate surface area is 149 Å². The summed E-state index contributed by atoms with van der Waals surface area (Å²) in [4.78, 5) is 8.39. The topological polar surface area (TPSA) is 86.7 Å². The van der Waals surface area contributed by atoms with Crippen molar-refractivity contribution in [2.45, 2.75) is 38.6 Å². The summed E-state index contributed by atoms with van der Waals surface area (Å²) in [6, 6.07) is 8.07. The zero-order chi connectivity index (χ0) is 17.7. The van der Waals surface area contributed by atoms with E-state index in [1.54, 1.807) is 17.0 Å². The maximum atomic E-state index is 4.83. The number of hydrogen-bond acceptors (Lipinski definition) is 6. The van der Waals surface area contributed by atoms with Gasteiger partial charge in [0.15, 0.2) is 11.5 Å². The molecule has 1 fully saturated rings. The molecule has 0 N–H and O–H groups in total. The minimum absolute atomic E-state index is 0.414. The van der Waals surface area contributed by atoms with Gasteiger partial charge in [-0.1, -0.05) is 0 Å². The van der Waals surface area contributed by atoms with E-state index in [-0.39, 0.29) is 0 Å². The Balaban J connectivity index is 1.51. The van der Waals surface area contributed by atoms with Gasteiger partial charge in [0.25, 0.3) is 0 Å². The van der Waals surface area contributed by atoms with Crippen molar-refractivity contribution in [3.8, 4) is 11.4 Å². The Hall–Kier alpha value is -3.16. The number of fused-ring (bicyclic) bond motifs is 1. The third-order valence-corrected chi connectivity index (χ3v) is 4.93. The maximum Gasteiger partial charge on any atom is 0.177 e. The zero-order valence-electron chi connectivity index (χ0n) is 14.6. The lowest BCUT2D eigenvalue weighted by Gasteiger charge is -2.04. The summed E-state index contributed by atoms with van der Waals surface area (Å²) in [6.45, 7) is 4.79. The van der Waals surface area contributed by atoms with Crippen LogP contribution >= 0.6 is 0 Å². The van der Waals surface area contributed by atoms with E-state index in [0.29, 0.717) is 11.8 Å². The fraction of sp³-hybridized carbons (Fsp3) is 0.333. The van der Waals surface area contributed by atoms with Crippen molar-refractivity contribution in [2.75, 3.05) is 0 Å². The average Bonchev–Trinajstić information content (AvgIpc) is 3.24. The molecule has 4 heterocycles. The van der Waals surface area contributed by atoms with E-state index in [0.717, 1.165) is 47.2 Å². The van der Waals surface area contributed by atoms with Crippen molar-refractivity contribution >= 4 is 5.65 Å². The van der Waals surface area contributed by atoms with Gasteiger partial charge in [0.1, 0.15) is 12.0 Å². The zero-order valence-corrected chi connectivity index (χ0v) is 14.6. The molecule has 0 bridgehead atoms. The predicted octanol–water partition coefficient (Wildman–Crippen LogP) is 2.38. The summed E-state index contributed by atoms with van der Waals surface area (Å²) < 4.78 is 3.78. The van der Waals surface area contributed by atoms with Crippen molar-refractivity contribution in [1.82, 2.24) is 39.6 Å². The van der Waals surface area contributed by atoms with Crippen LogP contribution in [-0.4, -0.2) is 39.6 Å². The van der Waals surface area contributed by atoms with Gasteiger partial charge in [-0.3, -0.25) is 4.68 Å². The molecule has 4 aromatic heterocycles. The van der Waals surface area contributed by atoms with Gasteiger partial charge in [0.2, 0.25) is 0 Å². The van der Waals surface area contributed by atoms with Crippen molar-refractivity contribution in [1.29, 1.82) is 0 Å². The van der Waals surface area contributed by atoms with Crippen LogP contribution in [0.15, 0.2) is 36.8 Å². The fourth-order valence-electron chi connectivity index (χ4n) is 3.47. The Bertz CT molecular complexity index is 1080. The number of hydrogen-bond donors (Lipinski definition) is 0. The van der Waals surface area contributed by atoms with E-state index in [2.05, 4.69) is 33.2 Å². The van der Waals surface area contributed by atoms with Crippen molar-refractivity contribution in [3.05, 3.63) is 54.0 Å². The van der Waals surface area contributed by atoms with Crippen LogP contribution in [0.2, 0.25) is 0 Å². The molecule has 2 atom stereocenters. The molecule has 0 spiro atoms. The predicted molar refractivity (Wildman–Crippen MR) is 94.5 cm³/mol. The molecule has 1 aliphatic rings. The Kier molecular flexibility index (Phi) is 3.31. The van der Waals surface area contributed by atoms with Gasteiger partial charge in [-0.2, -0.15) is 14.7 Å². The molecule has 0 aliphatic heterocycles. The summed E-state index contributed by atoms with van der Waals surface area (Å²) >= 11 is 0. The van der Waals surface area contributed by atoms with E-state index in [9.17, 15) is 0 Å². The first kappa shape index (κ1) is 15.1. The SMILES string of the molecule is CCn1nc(C2CC2c2ccncn2)cc1-c1ccc2nnc(C)n2n1. The number of aryl methyl sites for hydroxylation is 2. The van der Waals surface area contributed by atoms with Gasteiger partial charge in [-0.25, -0.2) is 9.97 Å². The number of rotatable bonds is 4. The lowest BCUT2D eigenvalue weighted by molar-refractivity contribution is 0.649. The molecule has 2 unspecified atom stereocenters. The summed E-state index contributed by atoms with van der Waals surface area (Å²) in [5.41, 5.74) is 4.84. The second-order valence-electron chi connectivity index (χ2n) is 6.59. The van der Waals surface area contributed by atoms with Gasteiger partial charge in [0, 0.05) is 30.3 Å². The number of aromatic nitrogens is 8. The first-order valence-electron chi connectivity index (χ1n) is 8.77. The summed E-state index contributed by atoms with van der Waals surface area (Å²) in [7, 11) is 0. The third kappa shape index (κ3) is 2.37. The molecular weight excluding hydrogens is 328 g/mol. The molecule has 26 heavy (non-hydrogen) atoms. The van der Waals surface area contributed by atoms with Crippen LogP contribution < -0.4 is 0 Å². The van der Waals surface area contributed by atoms with E-state index >= 15 is 0 Å². The van der Waals surface area contributed by atoms with Gasteiger partial charge in [0.05, 0.1) is 11.4 Å². The molecule has 1 aliphatic carbocycles. The van der Waals surface area contributed by atoms with Crippen LogP contribution in [0.5, 0.6) is 0 Å². The Morgan fingerprint density at radius 1 is 1.08 bits per heavy atom. The molecule has 8 nitrogen and oxygen atoms in total. The minimum Gasteiger partial charge on any atom is -0.263 e. The van der Waals surface area contributed by atoms with Crippen molar-refractivity contribution in [2.24, 2.45) is 0 Å². The summed E-state index contributed by atoms with van der Waals surface area (Å²) in [6.07, 6.45) is 4.49. The highest BCUT2D eigenvalue weighted by molar-refractivity contribution is 5.57. The highest BCUT2D eigenvalue weighted by atomic mass is 15.4. The first-order valence-corrected chi connectivity index (χ1v) is 8.77. The van der Waals surface area contributed by atoms with Gasteiger partial charge in [-0.15, -0.1) is 10.2 Å². The molecule has 5 rings (SSSR count). The van der Waals surface area contributed by atoms with Gasteiger partial charge in [-0.05, 0) is 44.5 Å². The van der Waals surface area contributed by atoms with Crippen LogP contribution in [-0.2, 0) is 6.54 Å². The second kappa shape index (κ2) is 5.69. The van der Waals surface area contributed by atoms with E-state index < -0.39 is 0 Å². The molecule has 130 valence electrons. The van der Waals surface area contributed by atoms with Crippen LogP contribution in [0.4, 0.5) is 0 Å². The fourth-order valence-corrected chi connectivity index (χ4v) is 3.47. The van der Waals surface area contributed by atoms with Crippen LogP contribution in [0.25, 0.3) is 17.0 Å². The minimum atomic E-state index is 0.414.